The number of pyridine rings is 1. The van der Waals surface area contributed by atoms with Crippen molar-refractivity contribution < 1.29 is 4.79 Å². The first-order valence-electron chi connectivity index (χ1n) is 10.5. The molecule has 1 aromatic heterocycles. The predicted octanol–water partition coefficient (Wildman–Crippen LogP) is 3.85. The third-order valence-electron chi connectivity index (χ3n) is 6.63. The van der Waals surface area contributed by atoms with Crippen LogP contribution in [0.5, 0.6) is 0 Å². The van der Waals surface area contributed by atoms with Gasteiger partial charge in [-0.3, -0.25) is 9.88 Å². The van der Waals surface area contributed by atoms with Gasteiger partial charge in [-0.05, 0) is 69.6 Å². The molecule has 4 rings (SSSR count). The van der Waals surface area contributed by atoms with Crippen LogP contribution in [0.3, 0.4) is 0 Å². The highest BCUT2D eigenvalue weighted by Crippen LogP contribution is 2.39. The highest BCUT2D eigenvalue weighted by atomic mass is 16.1. The summed E-state index contributed by atoms with van der Waals surface area (Å²) in [6, 6.07) is 10.6. The molecule has 2 atom stereocenters. The summed E-state index contributed by atoms with van der Waals surface area (Å²) in [5.74, 6) is -0.0702. The third-order valence-corrected chi connectivity index (χ3v) is 6.63. The standard InChI is InChI=1S/C23H31N3O/c1-19(17-27)23(18-25-11-7-8-12-25,26-13-5-2-6-14-26)21-15-20-9-3-4-10-22(20)24-16-21/h3-4,9-10,15-17,19H,2,5-8,11-14,18H2,1H3. The molecule has 0 N–H and O–H groups in total. The van der Waals surface area contributed by atoms with E-state index in [-0.39, 0.29) is 11.5 Å². The van der Waals surface area contributed by atoms with Crippen LogP contribution in [-0.4, -0.2) is 53.8 Å². The quantitative estimate of drug-likeness (QED) is 0.729. The Balaban J connectivity index is 1.83. The van der Waals surface area contributed by atoms with E-state index in [0.29, 0.717) is 0 Å². The van der Waals surface area contributed by atoms with Crippen molar-refractivity contribution in [1.29, 1.82) is 0 Å². The molecule has 0 saturated carbocycles. The van der Waals surface area contributed by atoms with Crippen molar-refractivity contribution in [3.63, 3.8) is 0 Å². The van der Waals surface area contributed by atoms with Gasteiger partial charge in [0.25, 0.3) is 0 Å². The third kappa shape index (κ3) is 3.53. The van der Waals surface area contributed by atoms with Gasteiger partial charge in [0.2, 0.25) is 0 Å². The van der Waals surface area contributed by atoms with Gasteiger partial charge in [0.15, 0.2) is 0 Å². The van der Waals surface area contributed by atoms with Crippen LogP contribution in [0.2, 0.25) is 0 Å². The fraction of sp³-hybridized carbons (Fsp3) is 0.565. The number of fused-ring (bicyclic) bond motifs is 1. The van der Waals surface area contributed by atoms with E-state index in [0.717, 1.165) is 43.6 Å². The van der Waals surface area contributed by atoms with Crippen molar-refractivity contribution in [2.24, 2.45) is 5.92 Å². The van der Waals surface area contributed by atoms with Gasteiger partial charge in [-0.25, -0.2) is 0 Å². The van der Waals surface area contributed by atoms with Gasteiger partial charge in [-0.1, -0.05) is 31.5 Å². The van der Waals surface area contributed by atoms with Crippen LogP contribution in [0.25, 0.3) is 10.9 Å². The molecule has 2 fully saturated rings. The van der Waals surface area contributed by atoms with Crippen molar-refractivity contribution in [3.05, 3.63) is 42.1 Å². The monoisotopic (exact) mass is 365 g/mol. The Morgan fingerprint density at radius 3 is 2.52 bits per heavy atom. The number of aldehydes is 1. The van der Waals surface area contributed by atoms with Gasteiger partial charge in [-0.2, -0.15) is 0 Å². The maximum Gasteiger partial charge on any atom is 0.125 e. The van der Waals surface area contributed by atoms with E-state index in [1.807, 2.05) is 12.3 Å². The van der Waals surface area contributed by atoms with E-state index in [1.54, 1.807) is 0 Å². The number of nitrogens with zero attached hydrogens (tertiary/aromatic N) is 3. The van der Waals surface area contributed by atoms with Crippen LogP contribution in [0.1, 0.15) is 44.6 Å². The first kappa shape index (κ1) is 18.6. The van der Waals surface area contributed by atoms with Crippen LogP contribution in [-0.2, 0) is 10.3 Å². The first-order valence-corrected chi connectivity index (χ1v) is 10.5. The smallest absolute Gasteiger partial charge is 0.125 e. The van der Waals surface area contributed by atoms with E-state index in [1.165, 1.54) is 44.0 Å². The molecular weight excluding hydrogens is 334 g/mol. The molecule has 0 aliphatic carbocycles. The molecule has 4 nitrogen and oxygen atoms in total. The zero-order valence-corrected chi connectivity index (χ0v) is 16.4. The summed E-state index contributed by atoms with van der Waals surface area (Å²) in [6.07, 6.45) is 9.46. The Labute approximate surface area is 162 Å². The Morgan fingerprint density at radius 1 is 1.07 bits per heavy atom. The van der Waals surface area contributed by atoms with Crippen LogP contribution in [0.4, 0.5) is 0 Å². The Kier molecular flexibility index (Phi) is 5.55. The molecule has 2 aliphatic heterocycles. The van der Waals surface area contributed by atoms with Crippen molar-refractivity contribution in [3.8, 4) is 0 Å². The molecule has 27 heavy (non-hydrogen) atoms. The summed E-state index contributed by atoms with van der Waals surface area (Å²) in [4.78, 5) is 22.1. The summed E-state index contributed by atoms with van der Waals surface area (Å²) in [6.45, 7) is 7.45. The number of rotatable bonds is 6. The molecule has 2 aromatic rings. The lowest BCUT2D eigenvalue weighted by molar-refractivity contribution is -0.117. The van der Waals surface area contributed by atoms with Gasteiger partial charge in [0.1, 0.15) is 6.29 Å². The largest absolute Gasteiger partial charge is 0.303 e. The number of aromatic nitrogens is 1. The number of likely N-dealkylation sites (tertiary alicyclic amines) is 2. The number of carbonyl (C=O) groups excluding carboxylic acids is 1. The molecule has 0 amide bonds. The van der Waals surface area contributed by atoms with E-state index in [9.17, 15) is 4.79 Å². The SMILES string of the molecule is CC(C=O)C(CN1CCCC1)(c1cnc2ccccc2c1)N1CCCCC1. The molecule has 3 heterocycles. The van der Waals surface area contributed by atoms with Gasteiger partial charge in [0, 0.05) is 24.0 Å². The second-order valence-electron chi connectivity index (χ2n) is 8.30. The number of carbonyl (C=O) groups is 1. The van der Waals surface area contributed by atoms with Crippen molar-refractivity contribution >= 4 is 17.2 Å². The minimum atomic E-state index is -0.288. The highest BCUT2D eigenvalue weighted by molar-refractivity contribution is 5.79. The molecule has 2 saturated heterocycles. The predicted molar refractivity (Wildman–Crippen MR) is 110 cm³/mol. The fourth-order valence-electron chi connectivity index (χ4n) is 5.06. The molecule has 0 bridgehead atoms. The van der Waals surface area contributed by atoms with Crippen LogP contribution >= 0.6 is 0 Å². The average molecular weight is 366 g/mol. The molecule has 144 valence electrons. The molecule has 1 aromatic carbocycles. The maximum absolute atomic E-state index is 12.1. The summed E-state index contributed by atoms with van der Waals surface area (Å²) in [7, 11) is 0. The molecular formula is C23H31N3O. The van der Waals surface area contributed by atoms with Gasteiger partial charge >= 0.3 is 0 Å². The van der Waals surface area contributed by atoms with Crippen molar-refractivity contribution in [2.75, 3.05) is 32.7 Å². The highest BCUT2D eigenvalue weighted by Gasteiger charge is 2.45. The second kappa shape index (κ2) is 8.07. The molecule has 0 radical (unpaired) electrons. The van der Waals surface area contributed by atoms with Gasteiger partial charge in [-0.15, -0.1) is 0 Å². The lowest BCUT2D eigenvalue weighted by atomic mass is 9.76. The second-order valence-corrected chi connectivity index (χ2v) is 8.30. The lowest BCUT2D eigenvalue weighted by Gasteiger charge is -2.50. The molecule has 2 aliphatic rings. The van der Waals surface area contributed by atoms with E-state index >= 15 is 0 Å². The van der Waals surface area contributed by atoms with Crippen LogP contribution in [0, 0.1) is 5.92 Å². The van der Waals surface area contributed by atoms with E-state index in [2.05, 4.69) is 41.0 Å². The lowest BCUT2D eigenvalue weighted by Crippen LogP contribution is -2.58. The molecule has 4 heteroatoms. The fourth-order valence-corrected chi connectivity index (χ4v) is 5.06. The van der Waals surface area contributed by atoms with Crippen LogP contribution in [0.15, 0.2) is 36.5 Å². The number of benzene rings is 1. The zero-order valence-electron chi connectivity index (χ0n) is 16.4. The summed E-state index contributed by atoms with van der Waals surface area (Å²) in [5, 5.41) is 1.16. The first-order chi connectivity index (χ1) is 13.2. The Bertz CT molecular complexity index is 780. The maximum atomic E-state index is 12.1. The summed E-state index contributed by atoms with van der Waals surface area (Å²) < 4.78 is 0. The molecule has 2 unspecified atom stereocenters. The summed E-state index contributed by atoms with van der Waals surface area (Å²) in [5.41, 5.74) is 1.94. The van der Waals surface area contributed by atoms with Crippen molar-refractivity contribution in [2.45, 2.75) is 44.6 Å². The number of hydrogen-bond acceptors (Lipinski definition) is 4. The minimum Gasteiger partial charge on any atom is -0.303 e. The van der Waals surface area contributed by atoms with Crippen molar-refractivity contribution in [1.82, 2.24) is 14.8 Å². The average Bonchev–Trinajstić information content (AvgIpc) is 3.25. The Hall–Kier alpha value is -1.78. The van der Waals surface area contributed by atoms with E-state index in [4.69, 9.17) is 4.98 Å². The Morgan fingerprint density at radius 2 is 1.78 bits per heavy atom. The summed E-state index contributed by atoms with van der Waals surface area (Å²) >= 11 is 0. The van der Waals surface area contributed by atoms with E-state index < -0.39 is 0 Å². The van der Waals surface area contributed by atoms with Gasteiger partial charge < -0.3 is 9.69 Å². The molecule has 0 spiro atoms. The number of para-hydroxylation sites is 1. The van der Waals surface area contributed by atoms with Crippen LogP contribution < -0.4 is 0 Å². The zero-order chi connectivity index (χ0) is 18.7. The normalized spacial score (nSPS) is 22.6. The number of hydrogen-bond donors (Lipinski definition) is 0. The minimum absolute atomic E-state index is 0.0702. The number of piperidine rings is 1. The van der Waals surface area contributed by atoms with Gasteiger partial charge in [0.05, 0.1) is 11.1 Å². The topological polar surface area (TPSA) is 36.4 Å².